The summed E-state index contributed by atoms with van der Waals surface area (Å²) in [6, 6.07) is 4.76. The summed E-state index contributed by atoms with van der Waals surface area (Å²) in [4.78, 5) is 0.865. The summed E-state index contributed by atoms with van der Waals surface area (Å²) in [6.45, 7) is 0. The van der Waals surface area contributed by atoms with E-state index in [1.807, 2.05) is 11.4 Å². The van der Waals surface area contributed by atoms with E-state index in [0.717, 1.165) is 9.35 Å². The first-order valence-corrected chi connectivity index (χ1v) is 7.80. The van der Waals surface area contributed by atoms with E-state index in [2.05, 4.69) is 31.9 Å². The third-order valence-corrected chi connectivity index (χ3v) is 5.90. The smallest absolute Gasteiger partial charge is 0.129 e. The van der Waals surface area contributed by atoms with Crippen molar-refractivity contribution >= 4 is 66.4 Å². The number of hydrogen-bond donors (Lipinski definition) is 0. The van der Waals surface area contributed by atoms with Crippen LogP contribution in [0.3, 0.4) is 0 Å². The predicted octanol–water partition coefficient (Wildman–Crippen LogP) is 6.39. The zero-order chi connectivity index (χ0) is 12.6. The minimum absolute atomic E-state index is 0.374. The maximum atomic E-state index is 13.8. The molecule has 6 heteroatoms. The zero-order valence-electron chi connectivity index (χ0n) is 8.18. The summed E-state index contributed by atoms with van der Waals surface area (Å²) in [5, 5.41) is 1.79. The van der Waals surface area contributed by atoms with Crippen molar-refractivity contribution in [3.05, 3.63) is 53.8 Å². The van der Waals surface area contributed by atoms with E-state index in [9.17, 15) is 4.39 Å². The van der Waals surface area contributed by atoms with Gasteiger partial charge >= 0.3 is 0 Å². The Hall–Kier alpha value is 0.390. The van der Waals surface area contributed by atoms with Crippen LogP contribution in [0.2, 0.25) is 5.02 Å². The van der Waals surface area contributed by atoms with Crippen molar-refractivity contribution in [3.63, 3.8) is 0 Å². The van der Waals surface area contributed by atoms with Crippen LogP contribution in [0.15, 0.2) is 32.5 Å². The molecule has 90 valence electrons. The molecule has 0 aliphatic rings. The van der Waals surface area contributed by atoms with Gasteiger partial charge in [0.1, 0.15) is 5.82 Å². The summed E-state index contributed by atoms with van der Waals surface area (Å²) in [5.74, 6) is -0.374. The van der Waals surface area contributed by atoms with Crippen LogP contribution in [0.5, 0.6) is 0 Å². The molecule has 0 saturated heterocycles. The Kier molecular flexibility index (Phi) is 4.53. The molecule has 0 bridgehead atoms. The van der Waals surface area contributed by atoms with Gasteiger partial charge in [0, 0.05) is 19.4 Å². The molecule has 17 heavy (non-hydrogen) atoms. The van der Waals surface area contributed by atoms with E-state index in [4.69, 9.17) is 23.2 Å². The van der Waals surface area contributed by atoms with Crippen LogP contribution in [0.1, 0.15) is 15.8 Å². The fourth-order valence-electron chi connectivity index (χ4n) is 1.36. The highest BCUT2D eigenvalue weighted by Crippen LogP contribution is 2.40. The Bertz CT molecular complexity index is 556. The third kappa shape index (κ3) is 2.87. The topological polar surface area (TPSA) is 0 Å². The summed E-state index contributed by atoms with van der Waals surface area (Å²) >= 11 is 20.2. The lowest BCUT2D eigenvalue weighted by Crippen LogP contribution is -1.96. The average Bonchev–Trinajstić information content (AvgIpc) is 2.69. The quantitative estimate of drug-likeness (QED) is 0.391. The molecule has 0 aliphatic carbocycles. The number of alkyl halides is 1. The molecule has 2 aromatic rings. The summed E-state index contributed by atoms with van der Waals surface area (Å²) in [6.07, 6.45) is 0. The van der Waals surface area contributed by atoms with E-state index in [1.165, 1.54) is 17.4 Å². The molecule has 0 N–H and O–H groups in total. The van der Waals surface area contributed by atoms with E-state index >= 15 is 0 Å². The van der Waals surface area contributed by atoms with Crippen molar-refractivity contribution in [3.8, 4) is 0 Å². The standard InChI is InChI=1S/C11H5Br2Cl2FS/c12-6-1-2-17-11(6)10(15)5-3-8(14)7(13)4-9(5)16/h1-4,10H. The van der Waals surface area contributed by atoms with Crippen molar-refractivity contribution in [1.82, 2.24) is 0 Å². The maximum absolute atomic E-state index is 13.8. The number of thiophene rings is 1. The van der Waals surface area contributed by atoms with Crippen LogP contribution in [-0.4, -0.2) is 0 Å². The second-order valence-corrected chi connectivity index (χ2v) is 6.78. The Labute approximate surface area is 129 Å². The van der Waals surface area contributed by atoms with Gasteiger partial charge in [0.25, 0.3) is 0 Å². The van der Waals surface area contributed by atoms with Gasteiger partial charge in [-0.05, 0) is 55.4 Å². The first-order chi connectivity index (χ1) is 8.00. The van der Waals surface area contributed by atoms with Crippen LogP contribution in [0.4, 0.5) is 4.39 Å². The van der Waals surface area contributed by atoms with Gasteiger partial charge < -0.3 is 0 Å². The second kappa shape index (κ2) is 5.57. The van der Waals surface area contributed by atoms with Crippen molar-refractivity contribution in [2.75, 3.05) is 0 Å². The van der Waals surface area contributed by atoms with Gasteiger partial charge in [-0.15, -0.1) is 22.9 Å². The van der Waals surface area contributed by atoms with Crippen molar-refractivity contribution in [2.24, 2.45) is 0 Å². The van der Waals surface area contributed by atoms with Crippen LogP contribution in [0.25, 0.3) is 0 Å². The number of halogens is 5. The fraction of sp³-hybridized carbons (Fsp3) is 0.0909. The maximum Gasteiger partial charge on any atom is 0.129 e. The van der Waals surface area contributed by atoms with Crippen LogP contribution >= 0.6 is 66.4 Å². The molecule has 0 saturated carbocycles. The van der Waals surface area contributed by atoms with Crippen LogP contribution in [0, 0.1) is 5.82 Å². The molecular formula is C11H5Br2Cl2FS. The predicted molar refractivity (Wildman–Crippen MR) is 78.8 cm³/mol. The van der Waals surface area contributed by atoms with Crippen molar-refractivity contribution in [1.29, 1.82) is 0 Å². The van der Waals surface area contributed by atoms with Crippen LogP contribution < -0.4 is 0 Å². The van der Waals surface area contributed by atoms with Gasteiger partial charge in [-0.3, -0.25) is 0 Å². The summed E-state index contributed by atoms with van der Waals surface area (Å²) in [5.41, 5.74) is 0.378. The highest BCUT2D eigenvalue weighted by Gasteiger charge is 2.20. The van der Waals surface area contributed by atoms with Crippen molar-refractivity contribution < 1.29 is 4.39 Å². The lowest BCUT2D eigenvalue weighted by molar-refractivity contribution is 0.612. The van der Waals surface area contributed by atoms with E-state index in [0.29, 0.717) is 15.1 Å². The Morgan fingerprint density at radius 1 is 1.24 bits per heavy atom. The summed E-state index contributed by atoms with van der Waals surface area (Å²) in [7, 11) is 0. The third-order valence-electron chi connectivity index (χ3n) is 2.19. The Morgan fingerprint density at radius 3 is 2.53 bits per heavy atom. The van der Waals surface area contributed by atoms with Crippen LogP contribution in [-0.2, 0) is 0 Å². The molecule has 1 atom stereocenters. The van der Waals surface area contributed by atoms with Gasteiger partial charge in [-0.25, -0.2) is 4.39 Å². The molecule has 1 aromatic heterocycles. The van der Waals surface area contributed by atoms with Gasteiger partial charge in [0.15, 0.2) is 0 Å². The molecule has 0 fully saturated rings. The molecule has 0 aliphatic heterocycles. The number of rotatable bonds is 2. The second-order valence-electron chi connectivity index (χ2n) is 3.28. The van der Waals surface area contributed by atoms with E-state index < -0.39 is 5.38 Å². The Balaban J connectivity index is 2.48. The van der Waals surface area contributed by atoms with Gasteiger partial charge in [-0.2, -0.15) is 0 Å². The lowest BCUT2D eigenvalue weighted by atomic mass is 10.1. The first-order valence-electron chi connectivity index (χ1n) is 4.52. The lowest BCUT2D eigenvalue weighted by Gasteiger charge is -2.11. The first kappa shape index (κ1) is 13.8. The molecule has 0 radical (unpaired) electrons. The molecule has 0 nitrogen and oxygen atoms in total. The molecule has 1 aromatic carbocycles. The van der Waals surface area contributed by atoms with Gasteiger partial charge in [-0.1, -0.05) is 11.6 Å². The number of hydrogen-bond acceptors (Lipinski definition) is 1. The van der Waals surface area contributed by atoms with E-state index in [1.54, 1.807) is 6.07 Å². The SMILES string of the molecule is Fc1cc(Br)c(Cl)cc1C(Cl)c1sccc1Br. The summed E-state index contributed by atoms with van der Waals surface area (Å²) < 4.78 is 15.2. The molecular weight excluding hydrogens is 414 g/mol. The molecule has 1 unspecified atom stereocenters. The Morgan fingerprint density at radius 2 is 1.94 bits per heavy atom. The van der Waals surface area contributed by atoms with E-state index in [-0.39, 0.29) is 5.82 Å². The molecule has 0 spiro atoms. The van der Waals surface area contributed by atoms with Crippen molar-refractivity contribution in [2.45, 2.75) is 5.38 Å². The monoisotopic (exact) mass is 416 g/mol. The minimum Gasteiger partial charge on any atom is -0.207 e. The molecule has 1 heterocycles. The molecule has 2 rings (SSSR count). The largest absolute Gasteiger partial charge is 0.207 e. The zero-order valence-corrected chi connectivity index (χ0v) is 13.7. The fourth-order valence-corrected chi connectivity index (χ4v) is 4.01. The number of benzene rings is 1. The van der Waals surface area contributed by atoms with Gasteiger partial charge in [0.05, 0.1) is 10.4 Å². The normalized spacial score (nSPS) is 12.8. The highest BCUT2D eigenvalue weighted by atomic mass is 79.9. The molecule has 0 amide bonds. The average molecular weight is 419 g/mol. The highest BCUT2D eigenvalue weighted by molar-refractivity contribution is 9.10. The minimum atomic E-state index is -0.546. The van der Waals surface area contributed by atoms with Gasteiger partial charge in [0.2, 0.25) is 0 Å².